The number of anilines is 1. The Balaban J connectivity index is 1.56. The number of nitrogens with two attached hydrogens (primary N) is 1. The molecule has 152 valence electrons. The van der Waals surface area contributed by atoms with Gasteiger partial charge >= 0.3 is 0 Å². The number of rotatable bonds is 7. The van der Waals surface area contributed by atoms with Crippen molar-refractivity contribution in [2.24, 2.45) is 0 Å². The normalized spacial score (nSPS) is 11.0. The lowest BCUT2D eigenvalue weighted by Crippen LogP contribution is -2.10. The minimum absolute atomic E-state index is 0.399. The SMILES string of the molecule is CCCCc1nc2c(N)nc3ccccc3c2n1CCOCC#Cc1ccccc1. The molecular formula is C25H26N4O. The van der Waals surface area contributed by atoms with Gasteiger partial charge in [0.15, 0.2) is 5.82 Å². The predicted octanol–water partition coefficient (Wildman–Crippen LogP) is 4.58. The minimum atomic E-state index is 0.399. The van der Waals surface area contributed by atoms with Gasteiger partial charge in [-0.05, 0) is 24.6 Å². The molecule has 0 saturated carbocycles. The summed E-state index contributed by atoms with van der Waals surface area (Å²) in [5.74, 6) is 7.72. The van der Waals surface area contributed by atoms with Gasteiger partial charge in [0.2, 0.25) is 0 Å². The number of hydrogen-bond acceptors (Lipinski definition) is 4. The zero-order chi connectivity index (χ0) is 20.8. The molecule has 2 aromatic carbocycles. The quantitative estimate of drug-likeness (QED) is 0.366. The van der Waals surface area contributed by atoms with Gasteiger partial charge in [0.25, 0.3) is 0 Å². The van der Waals surface area contributed by atoms with E-state index in [4.69, 9.17) is 15.5 Å². The molecule has 2 aromatic heterocycles. The minimum Gasteiger partial charge on any atom is -0.382 e. The second kappa shape index (κ2) is 9.43. The van der Waals surface area contributed by atoms with E-state index in [2.05, 4.69) is 34.4 Å². The fourth-order valence-electron chi connectivity index (χ4n) is 3.61. The lowest BCUT2D eigenvalue weighted by Gasteiger charge is -2.10. The van der Waals surface area contributed by atoms with Crippen LogP contribution in [0.25, 0.3) is 21.9 Å². The number of aryl methyl sites for hydroxylation is 1. The molecule has 5 heteroatoms. The van der Waals surface area contributed by atoms with Crippen LogP contribution in [0.4, 0.5) is 5.82 Å². The number of pyridine rings is 1. The summed E-state index contributed by atoms with van der Waals surface area (Å²) in [6.07, 6.45) is 3.11. The Morgan fingerprint density at radius 1 is 1.03 bits per heavy atom. The van der Waals surface area contributed by atoms with E-state index in [9.17, 15) is 0 Å². The number of nitrogens with zero attached hydrogens (tertiary/aromatic N) is 3. The number of hydrogen-bond donors (Lipinski definition) is 1. The van der Waals surface area contributed by atoms with Gasteiger partial charge in [-0.3, -0.25) is 0 Å². The first kappa shape index (κ1) is 19.9. The van der Waals surface area contributed by atoms with E-state index in [0.29, 0.717) is 25.6 Å². The number of aromatic nitrogens is 3. The Morgan fingerprint density at radius 2 is 1.83 bits per heavy atom. The lowest BCUT2D eigenvalue weighted by molar-refractivity contribution is 0.157. The van der Waals surface area contributed by atoms with E-state index in [1.165, 1.54) is 0 Å². The fraction of sp³-hybridized carbons (Fsp3) is 0.280. The van der Waals surface area contributed by atoms with Crippen LogP contribution in [0, 0.1) is 11.8 Å². The first-order valence-electron chi connectivity index (χ1n) is 10.4. The van der Waals surface area contributed by atoms with Crippen LogP contribution in [0.5, 0.6) is 0 Å². The van der Waals surface area contributed by atoms with Crippen LogP contribution in [0.1, 0.15) is 31.2 Å². The molecule has 0 fully saturated rings. The van der Waals surface area contributed by atoms with E-state index in [-0.39, 0.29) is 0 Å². The van der Waals surface area contributed by atoms with Gasteiger partial charge in [0.1, 0.15) is 17.9 Å². The summed E-state index contributed by atoms with van der Waals surface area (Å²) in [4.78, 5) is 9.39. The molecule has 5 nitrogen and oxygen atoms in total. The standard InChI is InChI=1S/C25H26N4O/c1-2-3-15-22-28-23-24(20-13-7-8-14-21(20)27-25(23)26)29(22)16-18-30-17-9-12-19-10-5-4-6-11-19/h4-8,10-11,13-14H,2-3,15-18H2,1H3,(H2,26,27). The molecule has 0 radical (unpaired) electrons. The van der Waals surface area contributed by atoms with Crippen LogP contribution in [-0.2, 0) is 17.7 Å². The fourth-order valence-corrected chi connectivity index (χ4v) is 3.61. The smallest absolute Gasteiger partial charge is 0.152 e. The summed E-state index contributed by atoms with van der Waals surface area (Å²) < 4.78 is 8.06. The molecule has 0 amide bonds. The molecule has 0 spiro atoms. The molecule has 4 aromatic rings. The third kappa shape index (κ3) is 4.29. The number of para-hydroxylation sites is 1. The third-order valence-corrected chi connectivity index (χ3v) is 5.08. The highest BCUT2D eigenvalue weighted by atomic mass is 16.5. The second-order valence-corrected chi connectivity index (χ2v) is 7.22. The molecule has 30 heavy (non-hydrogen) atoms. The number of nitrogen functional groups attached to an aromatic ring is 1. The highest BCUT2D eigenvalue weighted by molar-refractivity contribution is 6.06. The van der Waals surface area contributed by atoms with Crippen molar-refractivity contribution in [3.8, 4) is 11.8 Å². The Bertz CT molecular complexity index is 1200. The first-order valence-corrected chi connectivity index (χ1v) is 10.4. The lowest BCUT2D eigenvalue weighted by atomic mass is 10.2. The summed E-state index contributed by atoms with van der Waals surface area (Å²) in [7, 11) is 0. The summed E-state index contributed by atoms with van der Waals surface area (Å²) in [5, 5.41) is 1.07. The maximum absolute atomic E-state index is 6.25. The van der Waals surface area contributed by atoms with Crippen molar-refractivity contribution in [1.29, 1.82) is 0 Å². The van der Waals surface area contributed by atoms with Gasteiger partial charge in [-0.15, -0.1) is 0 Å². The number of fused-ring (bicyclic) bond motifs is 3. The molecule has 4 rings (SSSR count). The molecule has 0 atom stereocenters. The van der Waals surface area contributed by atoms with Crippen LogP contribution in [0.2, 0.25) is 0 Å². The average molecular weight is 399 g/mol. The molecule has 0 aliphatic rings. The van der Waals surface area contributed by atoms with E-state index in [1.807, 2.05) is 48.5 Å². The van der Waals surface area contributed by atoms with E-state index in [0.717, 1.165) is 52.6 Å². The van der Waals surface area contributed by atoms with E-state index in [1.54, 1.807) is 0 Å². The zero-order valence-corrected chi connectivity index (χ0v) is 17.3. The third-order valence-electron chi connectivity index (χ3n) is 5.08. The zero-order valence-electron chi connectivity index (χ0n) is 17.3. The monoisotopic (exact) mass is 398 g/mol. The molecule has 0 saturated heterocycles. The second-order valence-electron chi connectivity index (χ2n) is 7.22. The molecule has 0 aliphatic carbocycles. The molecule has 2 heterocycles. The Morgan fingerprint density at radius 3 is 2.67 bits per heavy atom. The highest BCUT2D eigenvalue weighted by Gasteiger charge is 2.16. The topological polar surface area (TPSA) is 66.0 Å². The Kier molecular flexibility index (Phi) is 6.26. The maximum Gasteiger partial charge on any atom is 0.152 e. The summed E-state index contributed by atoms with van der Waals surface area (Å²) in [6.45, 7) is 3.85. The van der Waals surface area contributed by atoms with Crippen molar-refractivity contribution in [2.75, 3.05) is 18.9 Å². The summed E-state index contributed by atoms with van der Waals surface area (Å²) in [6, 6.07) is 18.0. The van der Waals surface area contributed by atoms with Gasteiger partial charge in [0.05, 0.1) is 17.6 Å². The average Bonchev–Trinajstić information content (AvgIpc) is 3.15. The molecule has 0 bridgehead atoms. The van der Waals surface area contributed by atoms with Crippen molar-refractivity contribution >= 4 is 27.8 Å². The first-order chi connectivity index (χ1) is 14.8. The van der Waals surface area contributed by atoms with Crippen molar-refractivity contribution in [2.45, 2.75) is 32.7 Å². The van der Waals surface area contributed by atoms with Gasteiger partial charge in [-0.2, -0.15) is 0 Å². The van der Waals surface area contributed by atoms with Crippen molar-refractivity contribution in [3.05, 3.63) is 66.0 Å². The van der Waals surface area contributed by atoms with Crippen molar-refractivity contribution in [3.63, 3.8) is 0 Å². The van der Waals surface area contributed by atoms with Crippen LogP contribution in [0.3, 0.4) is 0 Å². The summed E-state index contributed by atoms with van der Waals surface area (Å²) in [5.41, 5.74) is 9.96. The molecule has 2 N–H and O–H groups in total. The van der Waals surface area contributed by atoms with Gasteiger partial charge in [-0.25, -0.2) is 9.97 Å². The van der Waals surface area contributed by atoms with E-state index >= 15 is 0 Å². The van der Waals surface area contributed by atoms with Gasteiger partial charge in [-0.1, -0.05) is 61.6 Å². The van der Waals surface area contributed by atoms with Gasteiger partial charge < -0.3 is 15.0 Å². The predicted molar refractivity (Wildman–Crippen MR) is 122 cm³/mol. The van der Waals surface area contributed by atoms with Crippen LogP contribution < -0.4 is 5.73 Å². The number of benzene rings is 2. The van der Waals surface area contributed by atoms with Crippen LogP contribution >= 0.6 is 0 Å². The van der Waals surface area contributed by atoms with Crippen molar-refractivity contribution in [1.82, 2.24) is 14.5 Å². The molecule has 0 aliphatic heterocycles. The van der Waals surface area contributed by atoms with Crippen molar-refractivity contribution < 1.29 is 4.74 Å². The number of ether oxygens (including phenoxy) is 1. The van der Waals surface area contributed by atoms with E-state index < -0.39 is 0 Å². The maximum atomic E-state index is 6.25. The number of unbranched alkanes of at least 4 members (excludes halogenated alkanes) is 1. The Labute approximate surface area is 176 Å². The highest BCUT2D eigenvalue weighted by Crippen LogP contribution is 2.29. The van der Waals surface area contributed by atoms with Crippen LogP contribution in [0.15, 0.2) is 54.6 Å². The molecule has 0 unspecified atom stereocenters. The largest absolute Gasteiger partial charge is 0.382 e. The molecular weight excluding hydrogens is 372 g/mol. The Hall–Kier alpha value is -3.36. The van der Waals surface area contributed by atoms with Gasteiger partial charge in [0, 0.05) is 23.9 Å². The van der Waals surface area contributed by atoms with Crippen LogP contribution in [-0.4, -0.2) is 27.7 Å². The number of imidazole rings is 1. The summed E-state index contributed by atoms with van der Waals surface area (Å²) >= 11 is 0.